The predicted molar refractivity (Wildman–Crippen MR) is 84.0 cm³/mol. The predicted octanol–water partition coefficient (Wildman–Crippen LogP) is 1.97. The molecule has 21 heavy (non-hydrogen) atoms. The van der Waals surface area contributed by atoms with Gasteiger partial charge in [-0.2, -0.15) is 0 Å². The molecule has 0 aromatic heterocycles. The molecule has 2 unspecified atom stereocenters. The fourth-order valence-corrected chi connectivity index (χ4v) is 2.67. The second-order valence-corrected chi connectivity index (χ2v) is 5.86. The van der Waals surface area contributed by atoms with Crippen LogP contribution >= 0.6 is 0 Å². The highest BCUT2D eigenvalue weighted by Gasteiger charge is 2.26. The number of benzene rings is 1. The van der Waals surface area contributed by atoms with E-state index in [1.165, 1.54) is 5.56 Å². The molecule has 2 atom stereocenters. The third-order valence-corrected chi connectivity index (χ3v) is 3.96. The Morgan fingerprint density at radius 2 is 2.19 bits per heavy atom. The van der Waals surface area contributed by atoms with Gasteiger partial charge in [0, 0.05) is 25.6 Å². The van der Waals surface area contributed by atoms with Crippen LogP contribution in [0.25, 0.3) is 0 Å². The van der Waals surface area contributed by atoms with Crippen molar-refractivity contribution in [2.75, 3.05) is 19.8 Å². The molecule has 0 aliphatic carbocycles. The van der Waals surface area contributed by atoms with Crippen LogP contribution in [0.1, 0.15) is 31.7 Å². The highest BCUT2D eigenvalue weighted by atomic mass is 16.5. The second-order valence-electron chi connectivity index (χ2n) is 5.86. The molecule has 1 aliphatic heterocycles. The van der Waals surface area contributed by atoms with Crippen LogP contribution in [-0.2, 0) is 16.0 Å². The number of nitrogens with two attached hydrogens (primary N) is 1. The number of carbonyl (C=O) groups excluding carboxylic acids is 1. The molecule has 4 heteroatoms. The van der Waals surface area contributed by atoms with Crippen LogP contribution in [0.5, 0.6) is 0 Å². The van der Waals surface area contributed by atoms with E-state index >= 15 is 0 Å². The van der Waals surface area contributed by atoms with Crippen LogP contribution in [0.15, 0.2) is 30.3 Å². The second kappa shape index (κ2) is 8.15. The van der Waals surface area contributed by atoms with Gasteiger partial charge in [-0.15, -0.1) is 0 Å². The molecule has 1 heterocycles. The van der Waals surface area contributed by atoms with E-state index in [1.807, 2.05) is 30.0 Å². The van der Waals surface area contributed by atoms with Gasteiger partial charge in [-0.3, -0.25) is 4.79 Å². The first-order valence-corrected chi connectivity index (χ1v) is 7.83. The summed E-state index contributed by atoms with van der Waals surface area (Å²) in [7, 11) is 0. The lowest BCUT2D eigenvalue weighted by Gasteiger charge is -2.28. The Hall–Kier alpha value is -1.39. The zero-order valence-electron chi connectivity index (χ0n) is 12.8. The largest absolute Gasteiger partial charge is 0.379 e. The van der Waals surface area contributed by atoms with E-state index in [2.05, 4.69) is 12.1 Å². The van der Waals surface area contributed by atoms with Crippen molar-refractivity contribution in [2.24, 2.45) is 5.73 Å². The molecule has 1 amide bonds. The summed E-state index contributed by atoms with van der Waals surface area (Å²) < 4.78 is 5.45. The topological polar surface area (TPSA) is 55.6 Å². The number of nitrogens with zero attached hydrogens (tertiary/aromatic N) is 1. The van der Waals surface area contributed by atoms with E-state index in [-0.39, 0.29) is 18.0 Å². The molecular weight excluding hydrogens is 264 g/mol. The Bertz CT molecular complexity index is 428. The number of carbonyl (C=O) groups is 1. The van der Waals surface area contributed by atoms with Gasteiger partial charge in [0.15, 0.2) is 0 Å². The zero-order valence-corrected chi connectivity index (χ0v) is 12.8. The van der Waals surface area contributed by atoms with Gasteiger partial charge >= 0.3 is 0 Å². The fourth-order valence-electron chi connectivity index (χ4n) is 2.67. The number of rotatable bonds is 7. The summed E-state index contributed by atoms with van der Waals surface area (Å²) >= 11 is 0. The molecule has 1 fully saturated rings. The molecule has 0 bridgehead atoms. The van der Waals surface area contributed by atoms with Crippen LogP contribution in [0.3, 0.4) is 0 Å². The number of amides is 1. The summed E-state index contributed by atoms with van der Waals surface area (Å²) in [6, 6.07) is 10.6. The Balaban J connectivity index is 1.93. The maximum atomic E-state index is 12.5. The van der Waals surface area contributed by atoms with Gasteiger partial charge in [-0.25, -0.2) is 0 Å². The van der Waals surface area contributed by atoms with Crippen molar-refractivity contribution in [3.63, 3.8) is 0 Å². The van der Waals surface area contributed by atoms with Crippen LogP contribution < -0.4 is 5.73 Å². The first kappa shape index (κ1) is 16.0. The van der Waals surface area contributed by atoms with Crippen molar-refractivity contribution in [1.82, 2.24) is 4.90 Å². The molecule has 1 saturated heterocycles. The zero-order chi connectivity index (χ0) is 15.1. The Kier molecular flexibility index (Phi) is 6.21. The summed E-state index contributed by atoms with van der Waals surface area (Å²) in [6.45, 7) is 4.13. The molecule has 1 aromatic rings. The average molecular weight is 290 g/mol. The highest BCUT2D eigenvalue weighted by molar-refractivity contribution is 5.76. The van der Waals surface area contributed by atoms with Crippen molar-refractivity contribution in [2.45, 2.75) is 44.7 Å². The summed E-state index contributed by atoms with van der Waals surface area (Å²) in [4.78, 5) is 14.5. The summed E-state index contributed by atoms with van der Waals surface area (Å²) in [5, 5.41) is 0. The molecule has 0 spiro atoms. The first-order valence-electron chi connectivity index (χ1n) is 7.83. The summed E-state index contributed by atoms with van der Waals surface area (Å²) in [5.41, 5.74) is 7.03. The maximum absolute atomic E-state index is 12.5. The molecule has 2 N–H and O–H groups in total. The third kappa shape index (κ3) is 5.14. The summed E-state index contributed by atoms with van der Waals surface area (Å²) in [5.74, 6) is 0.207. The lowest BCUT2D eigenvalue weighted by atomic mass is 10.1. The minimum Gasteiger partial charge on any atom is -0.379 e. The van der Waals surface area contributed by atoms with Crippen LogP contribution in [0.4, 0.5) is 0 Å². The van der Waals surface area contributed by atoms with Gasteiger partial charge in [0.2, 0.25) is 5.91 Å². The molecule has 1 aliphatic rings. The number of hydrogen-bond donors (Lipinski definition) is 1. The Morgan fingerprint density at radius 3 is 2.81 bits per heavy atom. The highest BCUT2D eigenvalue weighted by Crippen LogP contribution is 2.16. The van der Waals surface area contributed by atoms with E-state index in [0.717, 1.165) is 32.4 Å². The van der Waals surface area contributed by atoms with Crippen LogP contribution in [0, 0.1) is 0 Å². The number of ether oxygens (including phenoxy) is 1. The van der Waals surface area contributed by atoms with Crippen molar-refractivity contribution < 1.29 is 9.53 Å². The quantitative estimate of drug-likeness (QED) is 0.835. The first-order chi connectivity index (χ1) is 10.2. The normalized spacial score (nSPS) is 19.4. The molecule has 0 radical (unpaired) electrons. The molecule has 2 rings (SSSR count). The van der Waals surface area contributed by atoms with Crippen molar-refractivity contribution in [1.29, 1.82) is 0 Å². The standard InChI is InChI=1S/C17H26N2O2/c1-14(18)7-8-17(20)19(16-10-12-21-13-16)11-9-15-5-3-2-4-6-15/h2-6,14,16H,7-13,18H2,1H3. The van der Waals surface area contributed by atoms with Crippen LogP contribution in [-0.4, -0.2) is 42.6 Å². The molecule has 0 saturated carbocycles. The molecular formula is C17H26N2O2. The van der Waals surface area contributed by atoms with E-state index in [9.17, 15) is 4.79 Å². The van der Waals surface area contributed by atoms with Crippen LogP contribution in [0.2, 0.25) is 0 Å². The van der Waals surface area contributed by atoms with E-state index < -0.39 is 0 Å². The van der Waals surface area contributed by atoms with E-state index in [4.69, 9.17) is 10.5 Å². The van der Waals surface area contributed by atoms with Crippen molar-refractivity contribution in [3.05, 3.63) is 35.9 Å². The molecule has 116 valence electrons. The maximum Gasteiger partial charge on any atom is 0.222 e. The Morgan fingerprint density at radius 1 is 1.43 bits per heavy atom. The number of hydrogen-bond acceptors (Lipinski definition) is 3. The molecule has 1 aromatic carbocycles. The van der Waals surface area contributed by atoms with Gasteiger partial charge in [-0.1, -0.05) is 30.3 Å². The average Bonchev–Trinajstić information content (AvgIpc) is 3.00. The third-order valence-electron chi connectivity index (χ3n) is 3.96. The smallest absolute Gasteiger partial charge is 0.222 e. The minimum atomic E-state index is 0.0738. The van der Waals surface area contributed by atoms with Gasteiger partial charge in [0.1, 0.15) is 0 Å². The SMILES string of the molecule is CC(N)CCC(=O)N(CCc1ccccc1)C1CCOC1. The van der Waals surface area contributed by atoms with E-state index in [0.29, 0.717) is 13.0 Å². The van der Waals surface area contributed by atoms with Gasteiger partial charge < -0.3 is 15.4 Å². The molecule has 4 nitrogen and oxygen atoms in total. The fraction of sp³-hybridized carbons (Fsp3) is 0.588. The van der Waals surface area contributed by atoms with Crippen molar-refractivity contribution in [3.8, 4) is 0 Å². The van der Waals surface area contributed by atoms with Crippen molar-refractivity contribution >= 4 is 5.91 Å². The lowest BCUT2D eigenvalue weighted by Crippen LogP contribution is -2.42. The Labute approximate surface area is 127 Å². The van der Waals surface area contributed by atoms with Gasteiger partial charge in [-0.05, 0) is 31.7 Å². The lowest BCUT2D eigenvalue weighted by molar-refractivity contribution is -0.133. The van der Waals surface area contributed by atoms with Gasteiger partial charge in [0.25, 0.3) is 0 Å². The monoisotopic (exact) mass is 290 g/mol. The van der Waals surface area contributed by atoms with E-state index in [1.54, 1.807) is 0 Å². The summed E-state index contributed by atoms with van der Waals surface area (Å²) in [6.07, 6.45) is 3.11. The minimum absolute atomic E-state index is 0.0738. The van der Waals surface area contributed by atoms with Gasteiger partial charge in [0.05, 0.1) is 12.6 Å².